The number of ether oxygens (including phenoxy) is 1. The van der Waals surface area contributed by atoms with Crippen LogP contribution < -0.4 is 15.4 Å². The van der Waals surface area contributed by atoms with Gasteiger partial charge in [-0.3, -0.25) is 0 Å². The van der Waals surface area contributed by atoms with E-state index in [1.807, 2.05) is 0 Å². The average Bonchev–Trinajstić information content (AvgIpc) is 2.81. The highest BCUT2D eigenvalue weighted by Crippen LogP contribution is 2.34. The standard InChI is InChI=1S/C13H18F2N2O/c1-13(14,15)9-3-4-11(12(7-9)18-2)17-10-5-6-16-8-10/h3-4,7,10,16-17H,5-6,8H2,1-2H3. The lowest BCUT2D eigenvalue weighted by atomic mass is 10.1. The molecule has 0 amide bonds. The first-order chi connectivity index (χ1) is 8.50. The van der Waals surface area contributed by atoms with Gasteiger partial charge >= 0.3 is 0 Å². The van der Waals surface area contributed by atoms with Crippen molar-refractivity contribution in [3.8, 4) is 5.75 Å². The molecule has 1 saturated heterocycles. The Morgan fingerprint density at radius 1 is 1.44 bits per heavy atom. The SMILES string of the molecule is COc1cc(C(C)(F)F)ccc1NC1CCNC1. The van der Waals surface area contributed by atoms with Crippen LogP contribution in [0.15, 0.2) is 18.2 Å². The summed E-state index contributed by atoms with van der Waals surface area (Å²) in [5, 5.41) is 6.55. The minimum atomic E-state index is -2.85. The third-order valence-electron chi connectivity index (χ3n) is 3.13. The molecule has 2 N–H and O–H groups in total. The van der Waals surface area contributed by atoms with Gasteiger partial charge in [-0.25, -0.2) is 8.78 Å². The summed E-state index contributed by atoms with van der Waals surface area (Å²) in [6, 6.07) is 4.81. The highest BCUT2D eigenvalue weighted by atomic mass is 19.3. The lowest BCUT2D eigenvalue weighted by Gasteiger charge is -2.18. The zero-order chi connectivity index (χ0) is 13.2. The summed E-state index contributed by atoms with van der Waals surface area (Å²) < 4.78 is 31.6. The number of hydrogen-bond acceptors (Lipinski definition) is 3. The third-order valence-corrected chi connectivity index (χ3v) is 3.13. The van der Waals surface area contributed by atoms with E-state index in [9.17, 15) is 8.78 Å². The van der Waals surface area contributed by atoms with Gasteiger partial charge in [0.25, 0.3) is 5.92 Å². The maximum Gasteiger partial charge on any atom is 0.270 e. The molecule has 0 bridgehead atoms. The molecule has 100 valence electrons. The molecule has 2 rings (SSSR count). The summed E-state index contributed by atoms with van der Waals surface area (Å²) in [7, 11) is 1.49. The van der Waals surface area contributed by atoms with Crippen LogP contribution in [-0.2, 0) is 5.92 Å². The van der Waals surface area contributed by atoms with Gasteiger partial charge in [0.2, 0.25) is 0 Å². The van der Waals surface area contributed by atoms with E-state index in [-0.39, 0.29) is 5.56 Å². The Morgan fingerprint density at radius 3 is 2.78 bits per heavy atom. The van der Waals surface area contributed by atoms with E-state index < -0.39 is 5.92 Å². The molecule has 1 aliphatic heterocycles. The molecule has 0 saturated carbocycles. The largest absolute Gasteiger partial charge is 0.495 e. The maximum atomic E-state index is 13.2. The summed E-state index contributed by atoms with van der Waals surface area (Å²) in [6.45, 7) is 2.75. The normalized spacial score (nSPS) is 19.9. The first-order valence-corrected chi connectivity index (χ1v) is 6.04. The van der Waals surface area contributed by atoms with E-state index >= 15 is 0 Å². The molecule has 3 nitrogen and oxygen atoms in total. The zero-order valence-electron chi connectivity index (χ0n) is 10.6. The molecule has 1 atom stereocenters. The van der Waals surface area contributed by atoms with Gasteiger partial charge in [-0.15, -0.1) is 0 Å². The van der Waals surface area contributed by atoms with Crippen LogP contribution in [0.2, 0.25) is 0 Å². The molecule has 0 radical (unpaired) electrons. The fourth-order valence-electron chi connectivity index (χ4n) is 2.08. The highest BCUT2D eigenvalue weighted by molar-refractivity contribution is 5.59. The van der Waals surface area contributed by atoms with Crippen molar-refractivity contribution in [2.24, 2.45) is 0 Å². The van der Waals surface area contributed by atoms with Gasteiger partial charge in [0.15, 0.2) is 0 Å². The van der Waals surface area contributed by atoms with Crippen LogP contribution in [0.25, 0.3) is 0 Å². The second-order valence-electron chi connectivity index (χ2n) is 4.64. The first kappa shape index (κ1) is 13.1. The second-order valence-corrected chi connectivity index (χ2v) is 4.64. The van der Waals surface area contributed by atoms with Gasteiger partial charge in [0.05, 0.1) is 12.8 Å². The number of halogens is 2. The molecule has 1 aromatic rings. The van der Waals surface area contributed by atoms with E-state index in [2.05, 4.69) is 10.6 Å². The monoisotopic (exact) mass is 256 g/mol. The van der Waals surface area contributed by atoms with Gasteiger partial charge in [-0.2, -0.15) is 0 Å². The van der Waals surface area contributed by atoms with Crippen molar-refractivity contribution in [1.82, 2.24) is 5.32 Å². The molecule has 5 heteroatoms. The van der Waals surface area contributed by atoms with Crippen LogP contribution >= 0.6 is 0 Å². The van der Waals surface area contributed by atoms with Crippen molar-refractivity contribution in [3.63, 3.8) is 0 Å². The molecule has 18 heavy (non-hydrogen) atoms. The quantitative estimate of drug-likeness (QED) is 0.868. The van der Waals surface area contributed by atoms with E-state index in [0.717, 1.165) is 32.1 Å². The molecule has 0 aliphatic carbocycles. The van der Waals surface area contributed by atoms with E-state index in [0.29, 0.717) is 11.8 Å². The van der Waals surface area contributed by atoms with Gasteiger partial charge in [0.1, 0.15) is 5.75 Å². The fourth-order valence-corrected chi connectivity index (χ4v) is 2.08. The lowest BCUT2D eigenvalue weighted by molar-refractivity contribution is 0.0173. The molecule has 1 aliphatic rings. The maximum absolute atomic E-state index is 13.2. The summed E-state index contributed by atoms with van der Waals surface area (Å²) in [4.78, 5) is 0. The van der Waals surface area contributed by atoms with Gasteiger partial charge < -0.3 is 15.4 Å². The zero-order valence-corrected chi connectivity index (χ0v) is 10.6. The molecular formula is C13H18F2N2O. The number of anilines is 1. The Kier molecular flexibility index (Phi) is 3.71. The van der Waals surface area contributed by atoms with Gasteiger partial charge in [-0.05, 0) is 25.1 Å². The molecular weight excluding hydrogens is 238 g/mol. The van der Waals surface area contributed by atoms with Crippen LogP contribution in [0.4, 0.5) is 14.5 Å². The third kappa shape index (κ3) is 2.90. The molecule has 1 heterocycles. The smallest absolute Gasteiger partial charge is 0.270 e. The highest BCUT2D eigenvalue weighted by Gasteiger charge is 2.26. The number of nitrogens with one attached hydrogen (secondary N) is 2. The molecule has 1 aromatic carbocycles. The molecule has 0 spiro atoms. The average molecular weight is 256 g/mol. The number of benzene rings is 1. The molecule has 0 aromatic heterocycles. The number of alkyl halides is 2. The van der Waals surface area contributed by atoms with Gasteiger partial charge in [-0.1, -0.05) is 6.07 Å². The summed E-state index contributed by atoms with van der Waals surface area (Å²) in [6.07, 6.45) is 1.02. The minimum absolute atomic E-state index is 0.0329. The van der Waals surface area contributed by atoms with Crippen LogP contribution in [0.3, 0.4) is 0 Å². The van der Waals surface area contributed by atoms with Crippen LogP contribution in [-0.4, -0.2) is 26.2 Å². The topological polar surface area (TPSA) is 33.3 Å². The Bertz CT molecular complexity index is 412. The van der Waals surface area contributed by atoms with Gasteiger partial charge in [0, 0.05) is 25.1 Å². The summed E-state index contributed by atoms with van der Waals surface area (Å²) in [5.74, 6) is -2.39. The van der Waals surface area contributed by atoms with Crippen molar-refractivity contribution in [2.75, 3.05) is 25.5 Å². The Morgan fingerprint density at radius 2 is 2.22 bits per heavy atom. The van der Waals surface area contributed by atoms with E-state index in [1.165, 1.54) is 19.2 Å². The fraction of sp³-hybridized carbons (Fsp3) is 0.538. The molecule has 1 unspecified atom stereocenters. The number of methoxy groups -OCH3 is 1. The number of hydrogen-bond donors (Lipinski definition) is 2. The second kappa shape index (κ2) is 5.10. The molecule has 1 fully saturated rings. The van der Waals surface area contributed by atoms with Crippen LogP contribution in [0.5, 0.6) is 5.75 Å². The van der Waals surface area contributed by atoms with Crippen molar-refractivity contribution in [2.45, 2.75) is 25.3 Å². The Labute approximate surface area is 106 Å². The lowest BCUT2D eigenvalue weighted by Crippen LogP contribution is -2.22. The van der Waals surface area contributed by atoms with Crippen molar-refractivity contribution < 1.29 is 13.5 Å². The van der Waals surface area contributed by atoms with Crippen molar-refractivity contribution >= 4 is 5.69 Å². The van der Waals surface area contributed by atoms with E-state index in [1.54, 1.807) is 6.07 Å². The Balaban J connectivity index is 2.20. The first-order valence-electron chi connectivity index (χ1n) is 6.04. The summed E-state index contributed by atoms with van der Waals surface area (Å²) in [5.41, 5.74) is 0.730. The Hall–Kier alpha value is -1.36. The predicted molar refractivity (Wildman–Crippen MR) is 67.5 cm³/mol. The van der Waals surface area contributed by atoms with E-state index in [4.69, 9.17) is 4.74 Å². The van der Waals surface area contributed by atoms with Crippen LogP contribution in [0, 0.1) is 0 Å². The number of rotatable bonds is 4. The van der Waals surface area contributed by atoms with Crippen LogP contribution in [0.1, 0.15) is 18.9 Å². The summed E-state index contributed by atoms with van der Waals surface area (Å²) >= 11 is 0. The van der Waals surface area contributed by atoms with Crippen molar-refractivity contribution in [3.05, 3.63) is 23.8 Å². The van der Waals surface area contributed by atoms with Crippen molar-refractivity contribution in [1.29, 1.82) is 0 Å². The minimum Gasteiger partial charge on any atom is -0.495 e. The predicted octanol–water partition coefficient (Wildman–Crippen LogP) is 2.58.